The summed E-state index contributed by atoms with van der Waals surface area (Å²) in [6.45, 7) is -0.170. The Labute approximate surface area is 110 Å². The van der Waals surface area contributed by atoms with Crippen molar-refractivity contribution >= 4 is 5.97 Å². The molecule has 4 heteroatoms. The Bertz CT molecular complexity index is 567. The molecule has 0 bridgehead atoms. The average Bonchev–Trinajstić information content (AvgIpc) is 2.45. The van der Waals surface area contributed by atoms with Crippen molar-refractivity contribution in [3.8, 4) is 0 Å². The van der Waals surface area contributed by atoms with E-state index in [4.69, 9.17) is 9.84 Å². The van der Waals surface area contributed by atoms with Crippen molar-refractivity contribution < 1.29 is 19.0 Å². The maximum atomic E-state index is 13.6. The van der Waals surface area contributed by atoms with Crippen molar-refractivity contribution in [2.45, 2.75) is 13.2 Å². The molecule has 0 amide bonds. The van der Waals surface area contributed by atoms with E-state index in [2.05, 4.69) is 0 Å². The molecule has 2 rings (SSSR count). The minimum absolute atomic E-state index is 0.0981. The van der Waals surface area contributed by atoms with E-state index in [-0.39, 0.29) is 18.8 Å². The second-order valence-corrected chi connectivity index (χ2v) is 4.03. The quantitative estimate of drug-likeness (QED) is 0.860. The first-order valence-electron chi connectivity index (χ1n) is 5.81. The second-order valence-electron chi connectivity index (χ2n) is 4.03. The molecule has 0 aliphatic heterocycles. The van der Waals surface area contributed by atoms with E-state index in [0.717, 1.165) is 11.6 Å². The zero-order valence-corrected chi connectivity index (χ0v) is 10.2. The molecule has 98 valence electrons. The van der Waals surface area contributed by atoms with Gasteiger partial charge >= 0.3 is 5.97 Å². The van der Waals surface area contributed by atoms with Gasteiger partial charge in [-0.3, -0.25) is 0 Å². The predicted molar refractivity (Wildman–Crippen MR) is 67.9 cm³/mol. The molecule has 0 radical (unpaired) electrons. The van der Waals surface area contributed by atoms with Crippen molar-refractivity contribution in [2.24, 2.45) is 0 Å². The van der Waals surface area contributed by atoms with Crippen molar-refractivity contribution in [3.63, 3.8) is 0 Å². The second kappa shape index (κ2) is 6.11. The van der Waals surface area contributed by atoms with Gasteiger partial charge in [0, 0.05) is 0 Å². The number of hydrogen-bond acceptors (Lipinski definition) is 3. The fourth-order valence-corrected chi connectivity index (χ4v) is 1.62. The van der Waals surface area contributed by atoms with Gasteiger partial charge in [0.05, 0.1) is 12.2 Å². The molecule has 0 spiro atoms. The van der Waals surface area contributed by atoms with E-state index in [1.54, 1.807) is 0 Å². The Hall–Kier alpha value is -2.20. The maximum absolute atomic E-state index is 13.6. The Morgan fingerprint density at radius 2 is 1.84 bits per heavy atom. The van der Waals surface area contributed by atoms with E-state index < -0.39 is 11.8 Å². The molecule has 0 aromatic heterocycles. The molecule has 3 nitrogen and oxygen atoms in total. The van der Waals surface area contributed by atoms with Gasteiger partial charge in [0.1, 0.15) is 12.4 Å². The van der Waals surface area contributed by atoms with E-state index in [0.29, 0.717) is 5.56 Å². The summed E-state index contributed by atoms with van der Waals surface area (Å²) in [7, 11) is 0. The molecule has 0 heterocycles. The average molecular weight is 260 g/mol. The lowest BCUT2D eigenvalue weighted by molar-refractivity contribution is 0.0467. The van der Waals surface area contributed by atoms with E-state index in [1.807, 2.05) is 30.3 Å². The predicted octanol–water partition coefficient (Wildman–Crippen LogP) is 2.68. The number of benzene rings is 2. The summed E-state index contributed by atoms with van der Waals surface area (Å²) in [6, 6.07) is 13.1. The van der Waals surface area contributed by atoms with Crippen LogP contribution in [0.5, 0.6) is 0 Å². The van der Waals surface area contributed by atoms with Crippen LogP contribution < -0.4 is 0 Å². The highest BCUT2D eigenvalue weighted by molar-refractivity contribution is 5.89. The van der Waals surface area contributed by atoms with Crippen LogP contribution in [0.1, 0.15) is 21.5 Å². The summed E-state index contributed by atoms with van der Waals surface area (Å²) in [5.74, 6) is -1.41. The number of esters is 1. The third-order valence-electron chi connectivity index (χ3n) is 2.65. The summed E-state index contributed by atoms with van der Waals surface area (Å²) < 4.78 is 18.6. The third-order valence-corrected chi connectivity index (χ3v) is 2.65. The van der Waals surface area contributed by atoms with Crippen LogP contribution in [-0.4, -0.2) is 11.1 Å². The molecule has 2 aromatic rings. The molecule has 0 unspecified atom stereocenters. The van der Waals surface area contributed by atoms with Crippen LogP contribution in [0.4, 0.5) is 4.39 Å². The number of hydrogen-bond donors (Lipinski definition) is 1. The fraction of sp³-hybridized carbons (Fsp3) is 0.133. The molecule has 0 atom stereocenters. The lowest BCUT2D eigenvalue weighted by Gasteiger charge is -2.06. The first kappa shape index (κ1) is 13.2. The Balaban J connectivity index is 2.04. The Kier molecular flexibility index (Phi) is 4.26. The molecule has 1 N–H and O–H groups in total. The lowest BCUT2D eigenvalue weighted by Crippen LogP contribution is -2.08. The molecule has 2 aromatic carbocycles. The van der Waals surface area contributed by atoms with Crippen molar-refractivity contribution in [2.75, 3.05) is 0 Å². The third kappa shape index (κ3) is 3.39. The molecule has 0 aliphatic carbocycles. The number of aliphatic hydroxyl groups excluding tert-OH is 1. The zero-order valence-electron chi connectivity index (χ0n) is 10.2. The van der Waals surface area contributed by atoms with E-state index in [1.165, 1.54) is 12.1 Å². The summed E-state index contributed by atoms with van der Waals surface area (Å²) in [5.41, 5.74) is 1.12. The smallest absolute Gasteiger partial charge is 0.341 e. The van der Waals surface area contributed by atoms with Crippen LogP contribution in [0.3, 0.4) is 0 Å². The van der Waals surface area contributed by atoms with Gasteiger partial charge in [-0.2, -0.15) is 0 Å². The lowest BCUT2D eigenvalue weighted by atomic mass is 10.1. The van der Waals surface area contributed by atoms with Crippen LogP contribution in [0.2, 0.25) is 0 Å². The monoisotopic (exact) mass is 260 g/mol. The van der Waals surface area contributed by atoms with Gasteiger partial charge in [-0.15, -0.1) is 0 Å². The molecule has 0 saturated heterocycles. The van der Waals surface area contributed by atoms with Crippen molar-refractivity contribution in [3.05, 3.63) is 71.0 Å². The Morgan fingerprint density at radius 1 is 1.11 bits per heavy atom. The first-order chi connectivity index (χ1) is 9.20. The summed E-state index contributed by atoms with van der Waals surface area (Å²) >= 11 is 0. The minimum Gasteiger partial charge on any atom is -0.457 e. The van der Waals surface area contributed by atoms with Crippen LogP contribution in [-0.2, 0) is 18.0 Å². The largest absolute Gasteiger partial charge is 0.457 e. The highest BCUT2D eigenvalue weighted by atomic mass is 19.1. The SMILES string of the molecule is O=C(OCc1ccccc1)c1ccc(CO)cc1F. The van der Waals surface area contributed by atoms with Gasteiger partial charge in [-0.1, -0.05) is 36.4 Å². The van der Waals surface area contributed by atoms with Gasteiger partial charge < -0.3 is 9.84 Å². The van der Waals surface area contributed by atoms with Crippen LogP contribution in [0, 0.1) is 5.82 Å². The van der Waals surface area contributed by atoms with Crippen LogP contribution in [0.15, 0.2) is 48.5 Å². The summed E-state index contributed by atoms with van der Waals surface area (Å²) in [4.78, 5) is 11.7. The van der Waals surface area contributed by atoms with E-state index in [9.17, 15) is 9.18 Å². The van der Waals surface area contributed by atoms with Gasteiger partial charge in [0.2, 0.25) is 0 Å². The molecular formula is C15H13FO3. The van der Waals surface area contributed by atoms with E-state index >= 15 is 0 Å². The number of aliphatic hydroxyl groups is 1. The van der Waals surface area contributed by atoms with Gasteiger partial charge in [0.15, 0.2) is 0 Å². The number of carbonyl (C=O) groups is 1. The van der Waals surface area contributed by atoms with Crippen molar-refractivity contribution in [1.29, 1.82) is 0 Å². The topological polar surface area (TPSA) is 46.5 Å². The normalized spacial score (nSPS) is 10.2. The molecule has 19 heavy (non-hydrogen) atoms. The standard InChI is InChI=1S/C15H13FO3/c16-14-8-12(9-17)6-7-13(14)15(18)19-10-11-4-2-1-3-5-11/h1-8,17H,9-10H2. The number of rotatable bonds is 4. The Morgan fingerprint density at radius 3 is 2.47 bits per heavy atom. The van der Waals surface area contributed by atoms with Crippen molar-refractivity contribution in [1.82, 2.24) is 0 Å². The first-order valence-corrected chi connectivity index (χ1v) is 5.81. The number of carbonyl (C=O) groups excluding carboxylic acids is 1. The van der Waals surface area contributed by atoms with Gasteiger partial charge in [0.25, 0.3) is 0 Å². The zero-order chi connectivity index (χ0) is 13.7. The van der Waals surface area contributed by atoms with Crippen LogP contribution >= 0.6 is 0 Å². The molecule has 0 aliphatic rings. The van der Waals surface area contributed by atoms with Gasteiger partial charge in [-0.05, 0) is 23.3 Å². The number of halogens is 1. The highest BCUT2D eigenvalue weighted by Gasteiger charge is 2.13. The minimum atomic E-state index is -0.717. The van der Waals surface area contributed by atoms with Gasteiger partial charge in [-0.25, -0.2) is 9.18 Å². The summed E-state index contributed by atoms with van der Waals surface area (Å²) in [6.07, 6.45) is 0. The molecule has 0 fully saturated rings. The maximum Gasteiger partial charge on any atom is 0.341 e. The summed E-state index contributed by atoms with van der Waals surface area (Å²) in [5, 5.41) is 8.86. The van der Waals surface area contributed by atoms with Crippen LogP contribution in [0.25, 0.3) is 0 Å². The number of ether oxygens (including phenoxy) is 1. The molecule has 0 saturated carbocycles. The molecular weight excluding hydrogens is 247 g/mol. The fourth-order valence-electron chi connectivity index (χ4n) is 1.62. The highest BCUT2D eigenvalue weighted by Crippen LogP contribution is 2.13.